The first-order chi connectivity index (χ1) is 10.5. The molecule has 0 aromatic rings. The highest BCUT2D eigenvalue weighted by atomic mass is 16.5. The third-order valence-electron chi connectivity index (χ3n) is 4.84. The van der Waals surface area contributed by atoms with E-state index in [9.17, 15) is 9.59 Å². The molecule has 1 fully saturated rings. The lowest BCUT2D eigenvalue weighted by molar-refractivity contribution is -0.142. The molecule has 1 rings (SSSR count). The summed E-state index contributed by atoms with van der Waals surface area (Å²) in [6.07, 6.45) is 10.1. The molecule has 126 valence electrons. The molecule has 0 amide bonds. The molecule has 0 aliphatic heterocycles. The summed E-state index contributed by atoms with van der Waals surface area (Å²) in [5.41, 5.74) is 0.140. The molecular weight excluding hydrogens is 280 g/mol. The van der Waals surface area contributed by atoms with Crippen LogP contribution in [0.4, 0.5) is 0 Å². The van der Waals surface area contributed by atoms with Crippen molar-refractivity contribution in [3.05, 3.63) is 12.7 Å². The second kappa shape index (κ2) is 9.65. The number of ether oxygens (including phenoxy) is 2. The summed E-state index contributed by atoms with van der Waals surface area (Å²) in [6.45, 7) is 7.97. The van der Waals surface area contributed by atoms with Gasteiger partial charge in [-0.2, -0.15) is 0 Å². The molecule has 0 radical (unpaired) electrons. The molecule has 0 atom stereocenters. The van der Waals surface area contributed by atoms with E-state index in [4.69, 9.17) is 9.47 Å². The maximum absolute atomic E-state index is 11.2. The zero-order valence-electron chi connectivity index (χ0n) is 14.1. The summed E-state index contributed by atoms with van der Waals surface area (Å²) in [6, 6.07) is 0. The molecule has 1 aliphatic carbocycles. The molecule has 1 aliphatic rings. The first kappa shape index (κ1) is 18.7. The van der Waals surface area contributed by atoms with Gasteiger partial charge in [0, 0.05) is 13.0 Å². The standard InChI is InChI=1S/C18H30O4/c1-4-6-16-7-9-18(10-8-16,11-13-21-15(3)19)12-14-22-17(20)5-2/h5,16H,2,4,6-14H2,1,3H3. The molecule has 1 saturated carbocycles. The molecule has 0 aromatic heterocycles. The predicted molar refractivity (Wildman–Crippen MR) is 86.3 cm³/mol. The van der Waals surface area contributed by atoms with E-state index in [-0.39, 0.29) is 17.4 Å². The quantitative estimate of drug-likeness (QED) is 0.476. The smallest absolute Gasteiger partial charge is 0.330 e. The second-order valence-electron chi connectivity index (χ2n) is 6.44. The predicted octanol–water partition coefficient (Wildman–Crippen LogP) is 4.04. The fraction of sp³-hybridized carbons (Fsp3) is 0.778. The highest BCUT2D eigenvalue weighted by Gasteiger charge is 2.35. The summed E-state index contributed by atoms with van der Waals surface area (Å²) >= 11 is 0. The Labute approximate surface area is 134 Å². The van der Waals surface area contributed by atoms with Crippen LogP contribution >= 0.6 is 0 Å². The highest BCUT2D eigenvalue weighted by Crippen LogP contribution is 2.45. The molecule has 0 spiro atoms. The average Bonchev–Trinajstić information content (AvgIpc) is 2.49. The van der Waals surface area contributed by atoms with Gasteiger partial charge in [0.25, 0.3) is 0 Å². The molecule has 0 aromatic carbocycles. The minimum Gasteiger partial charge on any atom is -0.466 e. The van der Waals surface area contributed by atoms with E-state index in [1.807, 2.05) is 0 Å². The Morgan fingerprint density at radius 2 is 1.77 bits per heavy atom. The molecular formula is C18H30O4. The van der Waals surface area contributed by atoms with Crippen molar-refractivity contribution in [2.75, 3.05) is 13.2 Å². The van der Waals surface area contributed by atoms with E-state index >= 15 is 0 Å². The van der Waals surface area contributed by atoms with Crippen LogP contribution in [0.15, 0.2) is 12.7 Å². The van der Waals surface area contributed by atoms with E-state index in [0.717, 1.165) is 31.6 Å². The van der Waals surface area contributed by atoms with Crippen LogP contribution in [0.25, 0.3) is 0 Å². The van der Waals surface area contributed by atoms with Crippen molar-refractivity contribution >= 4 is 11.9 Å². The zero-order chi connectivity index (χ0) is 16.4. The van der Waals surface area contributed by atoms with Crippen molar-refractivity contribution in [2.24, 2.45) is 11.3 Å². The van der Waals surface area contributed by atoms with Gasteiger partial charge in [0.15, 0.2) is 0 Å². The van der Waals surface area contributed by atoms with Gasteiger partial charge in [-0.05, 0) is 49.9 Å². The van der Waals surface area contributed by atoms with Crippen LogP contribution in [-0.2, 0) is 19.1 Å². The van der Waals surface area contributed by atoms with E-state index in [1.54, 1.807) is 0 Å². The largest absolute Gasteiger partial charge is 0.466 e. The molecule has 22 heavy (non-hydrogen) atoms. The van der Waals surface area contributed by atoms with Crippen molar-refractivity contribution in [3.63, 3.8) is 0 Å². The Balaban J connectivity index is 2.51. The molecule has 4 heteroatoms. The fourth-order valence-electron chi connectivity index (χ4n) is 3.45. The summed E-state index contributed by atoms with van der Waals surface area (Å²) in [5, 5.41) is 0. The van der Waals surface area contributed by atoms with Crippen LogP contribution in [0.5, 0.6) is 0 Å². The van der Waals surface area contributed by atoms with Gasteiger partial charge in [-0.25, -0.2) is 4.79 Å². The maximum Gasteiger partial charge on any atom is 0.330 e. The molecule has 0 unspecified atom stereocenters. The molecule has 0 heterocycles. The number of carbonyl (C=O) groups excluding carboxylic acids is 2. The first-order valence-corrected chi connectivity index (χ1v) is 8.44. The molecule has 0 bridgehead atoms. The van der Waals surface area contributed by atoms with Crippen LogP contribution in [-0.4, -0.2) is 25.2 Å². The first-order valence-electron chi connectivity index (χ1n) is 8.44. The Bertz CT molecular complexity index is 367. The normalized spacial score (nSPS) is 24.5. The van der Waals surface area contributed by atoms with Crippen molar-refractivity contribution in [2.45, 2.75) is 65.2 Å². The van der Waals surface area contributed by atoms with Gasteiger partial charge in [-0.3, -0.25) is 4.79 Å². The third kappa shape index (κ3) is 6.63. The molecule has 0 saturated heterocycles. The lowest BCUT2D eigenvalue weighted by atomic mass is 9.66. The topological polar surface area (TPSA) is 52.6 Å². The molecule has 0 N–H and O–H groups in total. The van der Waals surface area contributed by atoms with Gasteiger partial charge in [0.05, 0.1) is 13.2 Å². The van der Waals surface area contributed by atoms with Crippen LogP contribution in [0.2, 0.25) is 0 Å². The van der Waals surface area contributed by atoms with Crippen molar-refractivity contribution in [1.82, 2.24) is 0 Å². The van der Waals surface area contributed by atoms with Gasteiger partial charge in [-0.15, -0.1) is 0 Å². The number of rotatable bonds is 9. The number of esters is 2. The SMILES string of the molecule is C=CC(=O)OCCC1(CCOC(C)=O)CCC(CCC)CC1. The second-order valence-corrected chi connectivity index (χ2v) is 6.44. The van der Waals surface area contributed by atoms with E-state index < -0.39 is 0 Å². The van der Waals surface area contributed by atoms with Gasteiger partial charge in [0.2, 0.25) is 0 Å². The van der Waals surface area contributed by atoms with Gasteiger partial charge in [0.1, 0.15) is 0 Å². The number of carbonyl (C=O) groups is 2. The van der Waals surface area contributed by atoms with E-state index in [0.29, 0.717) is 13.2 Å². The Kier molecular flexibility index (Phi) is 8.21. The third-order valence-corrected chi connectivity index (χ3v) is 4.84. The van der Waals surface area contributed by atoms with E-state index in [2.05, 4.69) is 13.5 Å². The average molecular weight is 310 g/mol. The lowest BCUT2D eigenvalue weighted by Crippen LogP contribution is -2.31. The number of hydrogen-bond acceptors (Lipinski definition) is 4. The maximum atomic E-state index is 11.2. The van der Waals surface area contributed by atoms with Crippen LogP contribution in [0.3, 0.4) is 0 Å². The van der Waals surface area contributed by atoms with E-state index in [1.165, 1.54) is 38.7 Å². The Morgan fingerprint density at radius 1 is 1.18 bits per heavy atom. The minimum atomic E-state index is -0.366. The summed E-state index contributed by atoms with van der Waals surface area (Å²) in [5.74, 6) is 0.227. The van der Waals surface area contributed by atoms with Gasteiger partial charge in [-0.1, -0.05) is 26.3 Å². The fourth-order valence-corrected chi connectivity index (χ4v) is 3.45. The van der Waals surface area contributed by atoms with Crippen molar-refractivity contribution in [3.8, 4) is 0 Å². The van der Waals surface area contributed by atoms with Crippen molar-refractivity contribution in [1.29, 1.82) is 0 Å². The molecule has 4 nitrogen and oxygen atoms in total. The monoisotopic (exact) mass is 310 g/mol. The van der Waals surface area contributed by atoms with Crippen molar-refractivity contribution < 1.29 is 19.1 Å². The highest BCUT2D eigenvalue weighted by molar-refractivity contribution is 5.81. The van der Waals surface area contributed by atoms with Crippen LogP contribution in [0, 0.1) is 11.3 Å². The lowest BCUT2D eigenvalue weighted by Gasteiger charge is -2.40. The minimum absolute atomic E-state index is 0.140. The Morgan fingerprint density at radius 3 is 2.27 bits per heavy atom. The van der Waals surface area contributed by atoms with Gasteiger partial charge >= 0.3 is 11.9 Å². The zero-order valence-corrected chi connectivity index (χ0v) is 14.1. The summed E-state index contributed by atoms with van der Waals surface area (Å²) in [4.78, 5) is 22.2. The number of hydrogen-bond donors (Lipinski definition) is 0. The summed E-state index contributed by atoms with van der Waals surface area (Å²) in [7, 11) is 0. The van der Waals surface area contributed by atoms with Crippen LogP contribution < -0.4 is 0 Å². The summed E-state index contributed by atoms with van der Waals surface area (Å²) < 4.78 is 10.3. The van der Waals surface area contributed by atoms with Gasteiger partial charge < -0.3 is 9.47 Å². The Hall–Kier alpha value is -1.32. The van der Waals surface area contributed by atoms with Crippen LogP contribution in [0.1, 0.15) is 65.2 Å².